The molecule has 0 saturated carbocycles. The van der Waals surface area contributed by atoms with Gasteiger partial charge in [-0.2, -0.15) is 0 Å². The average molecular weight is 536 g/mol. The number of anilines is 2. The van der Waals surface area contributed by atoms with Crippen molar-refractivity contribution >= 4 is 45.3 Å². The number of hydrogen-bond donors (Lipinski definition) is 1. The molecule has 2 unspecified atom stereocenters. The van der Waals surface area contributed by atoms with Crippen LogP contribution < -0.4 is 10.2 Å². The summed E-state index contributed by atoms with van der Waals surface area (Å²) in [6.45, 7) is 3.62. The molecule has 1 aliphatic heterocycles. The Morgan fingerprint density at radius 1 is 1.12 bits per heavy atom. The van der Waals surface area contributed by atoms with Gasteiger partial charge in [0.1, 0.15) is 11.9 Å². The maximum Gasteiger partial charge on any atom is 0.419 e. The minimum absolute atomic E-state index is 0.0110. The highest BCUT2D eigenvalue weighted by molar-refractivity contribution is 9.10. The van der Waals surface area contributed by atoms with Crippen LogP contribution in [0.5, 0.6) is 0 Å². The van der Waals surface area contributed by atoms with Crippen LogP contribution in [0, 0.1) is 5.82 Å². The number of benzene rings is 2. The Balaban J connectivity index is 1.68. The highest BCUT2D eigenvalue weighted by atomic mass is 79.9. The molecule has 2 aromatic rings. The maximum absolute atomic E-state index is 13.5. The summed E-state index contributed by atoms with van der Waals surface area (Å²) < 4.78 is 24.7. The van der Waals surface area contributed by atoms with Crippen molar-refractivity contribution in [3.63, 3.8) is 0 Å². The Hall–Kier alpha value is -2.98. The number of imide groups is 1. The average Bonchev–Trinajstić information content (AvgIpc) is 3.32. The summed E-state index contributed by atoms with van der Waals surface area (Å²) in [5, 5.41) is 3.02. The van der Waals surface area contributed by atoms with E-state index in [1.807, 2.05) is 29.2 Å². The fourth-order valence-electron chi connectivity index (χ4n) is 3.61. The van der Waals surface area contributed by atoms with Crippen molar-refractivity contribution in [2.24, 2.45) is 0 Å². The topological polar surface area (TPSA) is 88.2 Å². The van der Waals surface area contributed by atoms with Crippen LogP contribution in [-0.2, 0) is 19.1 Å². The van der Waals surface area contributed by atoms with Gasteiger partial charge in [0.05, 0.1) is 0 Å². The molecule has 1 N–H and O–H groups in total. The van der Waals surface area contributed by atoms with E-state index >= 15 is 0 Å². The minimum Gasteiger partial charge on any atom is -0.424 e. The number of carbonyl (C=O) groups is 3. The summed E-state index contributed by atoms with van der Waals surface area (Å²) in [6.07, 6.45) is -0.536. The summed E-state index contributed by atoms with van der Waals surface area (Å²) >= 11 is 3.44. The smallest absolute Gasteiger partial charge is 0.419 e. The van der Waals surface area contributed by atoms with Gasteiger partial charge < -0.3 is 19.7 Å². The van der Waals surface area contributed by atoms with Crippen LogP contribution in [0.4, 0.5) is 20.6 Å². The van der Waals surface area contributed by atoms with Gasteiger partial charge in [-0.3, -0.25) is 9.59 Å². The van der Waals surface area contributed by atoms with Crippen LogP contribution in [0.2, 0.25) is 0 Å². The van der Waals surface area contributed by atoms with Crippen molar-refractivity contribution in [1.82, 2.24) is 10.2 Å². The Morgan fingerprint density at radius 2 is 1.85 bits per heavy atom. The van der Waals surface area contributed by atoms with Crippen LogP contribution in [0.15, 0.2) is 53.0 Å². The Morgan fingerprint density at radius 3 is 2.47 bits per heavy atom. The molecule has 1 fully saturated rings. The summed E-state index contributed by atoms with van der Waals surface area (Å²) in [4.78, 5) is 39.8. The molecule has 2 atom stereocenters. The molecular formula is C24H27BrFN3O5. The molecule has 0 aliphatic carbocycles. The molecule has 10 heteroatoms. The Bertz CT molecular complexity index is 1010. The molecule has 8 nitrogen and oxygen atoms in total. The van der Waals surface area contributed by atoms with E-state index < -0.39 is 30.3 Å². The number of nitrogens with zero attached hydrogens (tertiary/aromatic N) is 2. The fourth-order valence-corrected chi connectivity index (χ4v) is 4.00. The van der Waals surface area contributed by atoms with Crippen molar-refractivity contribution in [3.8, 4) is 0 Å². The number of rotatable bonds is 8. The van der Waals surface area contributed by atoms with Crippen LogP contribution >= 0.6 is 15.9 Å². The number of ether oxygens (including phenoxy) is 2. The van der Waals surface area contributed by atoms with E-state index in [4.69, 9.17) is 9.47 Å². The molecule has 0 bridgehead atoms. The normalized spacial score (nSPS) is 15.9. The van der Waals surface area contributed by atoms with Gasteiger partial charge in [-0.1, -0.05) is 22.0 Å². The molecular weight excluding hydrogens is 509 g/mol. The molecule has 0 radical (unpaired) electrons. The number of nitrogens with one attached hydrogen (secondary N) is 1. The molecule has 1 aliphatic rings. The standard InChI is InChI=1S/C24H27BrFN3O5/c1-16(30)28(24(32)34-17(2)33-23(31)22-7-4-12-27-22)13-14-29(20-10-8-19(26)9-11-20)21-6-3-5-18(25)15-21/h3,5-6,8-11,15,17,22,27H,4,7,12-14H2,1-2H3. The van der Waals surface area contributed by atoms with Gasteiger partial charge in [0.15, 0.2) is 0 Å². The second-order valence-electron chi connectivity index (χ2n) is 7.82. The molecule has 2 amide bonds. The summed E-state index contributed by atoms with van der Waals surface area (Å²) in [5.41, 5.74) is 1.46. The van der Waals surface area contributed by atoms with Crippen molar-refractivity contribution in [1.29, 1.82) is 0 Å². The van der Waals surface area contributed by atoms with E-state index in [0.717, 1.165) is 28.0 Å². The molecule has 1 heterocycles. The van der Waals surface area contributed by atoms with Crippen LogP contribution in [-0.4, -0.2) is 54.8 Å². The lowest BCUT2D eigenvalue weighted by atomic mass is 10.2. The van der Waals surface area contributed by atoms with Crippen molar-refractivity contribution in [2.75, 3.05) is 24.5 Å². The third kappa shape index (κ3) is 7.01. The van der Waals surface area contributed by atoms with Crippen LogP contribution in [0.25, 0.3) is 0 Å². The quantitative estimate of drug-likeness (QED) is 0.397. The maximum atomic E-state index is 13.5. The highest BCUT2D eigenvalue weighted by Gasteiger charge is 2.28. The number of esters is 1. The van der Waals surface area contributed by atoms with Gasteiger partial charge >= 0.3 is 12.1 Å². The summed E-state index contributed by atoms with van der Waals surface area (Å²) in [6, 6.07) is 13.0. The van der Waals surface area contributed by atoms with Crippen LogP contribution in [0.1, 0.15) is 26.7 Å². The Labute approximate surface area is 206 Å². The van der Waals surface area contributed by atoms with Gasteiger partial charge in [-0.25, -0.2) is 14.1 Å². The van der Waals surface area contributed by atoms with Gasteiger partial charge in [-0.15, -0.1) is 0 Å². The lowest BCUT2D eigenvalue weighted by molar-refractivity contribution is -0.168. The van der Waals surface area contributed by atoms with E-state index in [9.17, 15) is 18.8 Å². The van der Waals surface area contributed by atoms with Gasteiger partial charge in [0.2, 0.25) is 12.2 Å². The molecule has 3 rings (SSSR count). The molecule has 0 spiro atoms. The predicted molar refractivity (Wildman–Crippen MR) is 128 cm³/mol. The molecule has 182 valence electrons. The first kappa shape index (κ1) is 25.6. The Kier molecular flexibility index (Phi) is 9.00. The first-order valence-corrected chi connectivity index (χ1v) is 11.7. The van der Waals surface area contributed by atoms with Crippen molar-refractivity contribution in [2.45, 2.75) is 39.0 Å². The van der Waals surface area contributed by atoms with Gasteiger partial charge in [0, 0.05) is 42.8 Å². The van der Waals surface area contributed by atoms with Crippen LogP contribution in [0.3, 0.4) is 0 Å². The lowest BCUT2D eigenvalue weighted by Gasteiger charge is -2.28. The fraction of sp³-hybridized carbons (Fsp3) is 0.375. The monoisotopic (exact) mass is 535 g/mol. The first-order valence-electron chi connectivity index (χ1n) is 11.0. The molecule has 0 aromatic heterocycles. The number of halogens is 2. The zero-order valence-corrected chi connectivity index (χ0v) is 20.6. The lowest BCUT2D eigenvalue weighted by Crippen LogP contribution is -2.43. The van der Waals surface area contributed by atoms with E-state index in [1.54, 1.807) is 12.1 Å². The minimum atomic E-state index is -1.15. The van der Waals surface area contributed by atoms with Gasteiger partial charge in [0.25, 0.3) is 0 Å². The van der Waals surface area contributed by atoms with E-state index in [2.05, 4.69) is 21.2 Å². The predicted octanol–water partition coefficient (Wildman–Crippen LogP) is 4.35. The highest BCUT2D eigenvalue weighted by Crippen LogP contribution is 2.28. The van der Waals surface area contributed by atoms with Crippen molar-refractivity contribution < 1.29 is 28.2 Å². The number of hydrogen-bond acceptors (Lipinski definition) is 7. The zero-order valence-electron chi connectivity index (χ0n) is 19.0. The summed E-state index contributed by atoms with van der Waals surface area (Å²) in [7, 11) is 0. The third-order valence-electron chi connectivity index (χ3n) is 5.30. The number of amides is 2. The van der Waals surface area contributed by atoms with E-state index in [0.29, 0.717) is 12.1 Å². The largest absolute Gasteiger partial charge is 0.424 e. The second kappa shape index (κ2) is 11.9. The number of carbonyl (C=O) groups excluding carboxylic acids is 3. The second-order valence-corrected chi connectivity index (χ2v) is 8.73. The summed E-state index contributed by atoms with van der Waals surface area (Å²) in [5.74, 6) is -1.39. The molecule has 34 heavy (non-hydrogen) atoms. The first-order chi connectivity index (χ1) is 16.2. The molecule has 2 aromatic carbocycles. The SMILES string of the molecule is CC(=O)N(CCN(c1ccc(F)cc1)c1cccc(Br)c1)C(=O)OC(C)OC(=O)C1CCCN1. The third-order valence-corrected chi connectivity index (χ3v) is 5.79. The molecule has 1 saturated heterocycles. The van der Waals surface area contributed by atoms with E-state index in [1.165, 1.54) is 26.0 Å². The zero-order chi connectivity index (χ0) is 24.7. The van der Waals surface area contributed by atoms with Crippen molar-refractivity contribution in [3.05, 3.63) is 58.8 Å². The van der Waals surface area contributed by atoms with Gasteiger partial charge in [-0.05, 0) is 61.9 Å². The van der Waals surface area contributed by atoms with E-state index in [-0.39, 0.29) is 18.9 Å².